The second kappa shape index (κ2) is 7.94. The number of rotatable bonds is 4. The van der Waals surface area contributed by atoms with Crippen LogP contribution in [0.1, 0.15) is 22.3 Å². The Bertz CT molecular complexity index is 1420. The number of benzene rings is 3. The van der Waals surface area contributed by atoms with Crippen LogP contribution >= 0.6 is 0 Å². The van der Waals surface area contributed by atoms with Gasteiger partial charge >= 0.3 is 6.01 Å². The van der Waals surface area contributed by atoms with E-state index in [9.17, 15) is 4.79 Å². The SMILES string of the molecule is O=C1Cc2ccccc2C(c2ccccc2)=NC1Nc1nnc(-c2ccc3c(c2)CC=N3)o1. The molecule has 1 atom stereocenters. The van der Waals surface area contributed by atoms with Gasteiger partial charge in [0.2, 0.25) is 5.89 Å². The average molecular weight is 433 g/mol. The summed E-state index contributed by atoms with van der Waals surface area (Å²) in [6.45, 7) is 0. The highest BCUT2D eigenvalue weighted by atomic mass is 16.4. The first-order valence-electron chi connectivity index (χ1n) is 10.7. The van der Waals surface area contributed by atoms with Crippen LogP contribution in [0, 0.1) is 0 Å². The van der Waals surface area contributed by atoms with Crippen molar-refractivity contribution in [3.8, 4) is 11.5 Å². The minimum atomic E-state index is -0.839. The number of hydrogen-bond donors (Lipinski definition) is 1. The van der Waals surface area contributed by atoms with Crippen molar-refractivity contribution in [3.05, 3.63) is 95.1 Å². The lowest BCUT2D eigenvalue weighted by molar-refractivity contribution is -0.119. The normalized spacial score (nSPS) is 16.7. The molecule has 0 saturated heterocycles. The molecule has 0 bridgehead atoms. The quantitative estimate of drug-likeness (QED) is 0.515. The number of anilines is 1. The molecular weight excluding hydrogens is 414 g/mol. The van der Waals surface area contributed by atoms with E-state index in [2.05, 4.69) is 20.5 Å². The third-order valence-corrected chi connectivity index (χ3v) is 5.80. The Kier molecular flexibility index (Phi) is 4.65. The lowest BCUT2D eigenvalue weighted by Crippen LogP contribution is -2.29. The Morgan fingerprint density at radius 2 is 1.73 bits per heavy atom. The molecule has 2 aliphatic heterocycles. The van der Waals surface area contributed by atoms with Gasteiger partial charge in [-0.25, -0.2) is 0 Å². The first-order valence-corrected chi connectivity index (χ1v) is 10.7. The van der Waals surface area contributed by atoms with Crippen LogP contribution in [0.3, 0.4) is 0 Å². The second-order valence-corrected chi connectivity index (χ2v) is 7.96. The highest BCUT2D eigenvalue weighted by Crippen LogP contribution is 2.30. The molecule has 1 unspecified atom stereocenters. The van der Waals surface area contributed by atoms with Crippen LogP contribution < -0.4 is 5.32 Å². The van der Waals surface area contributed by atoms with Crippen LogP contribution in [0.2, 0.25) is 0 Å². The largest absolute Gasteiger partial charge is 0.403 e. The highest BCUT2D eigenvalue weighted by Gasteiger charge is 2.27. The smallest absolute Gasteiger partial charge is 0.317 e. The Balaban J connectivity index is 1.33. The Labute approximate surface area is 189 Å². The van der Waals surface area contributed by atoms with E-state index in [1.807, 2.05) is 79.0 Å². The number of aromatic nitrogens is 2. The fraction of sp³-hybridized carbons (Fsp3) is 0.115. The van der Waals surface area contributed by atoms with Crippen molar-refractivity contribution in [3.63, 3.8) is 0 Å². The van der Waals surface area contributed by atoms with Gasteiger partial charge in [-0.1, -0.05) is 59.7 Å². The van der Waals surface area contributed by atoms with E-state index in [-0.39, 0.29) is 18.2 Å². The molecule has 0 spiro atoms. The van der Waals surface area contributed by atoms with E-state index in [1.165, 1.54) is 0 Å². The van der Waals surface area contributed by atoms with Crippen LogP contribution in [0.4, 0.5) is 11.7 Å². The Morgan fingerprint density at radius 3 is 2.64 bits per heavy atom. The lowest BCUT2D eigenvalue weighted by atomic mass is 9.96. The number of ketones is 1. The fourth-order valence-electron chi connectivity index (χ4n) is 4.16. The summed E-state index contributed by atoms with van der Waals surface area (Å²) in [4.78, 5) is 22.2. The third-order valence-electron chi connectivity index (χ3n) is 5.80. The van der Waals surface area contributed by atoms with Gasteiger partial charge in [0.25, 0.3) is 0 Å². The van der Waals surface area contributed by atoms with E-state index in [1.54, 1.807) is 0 Å². The summed E-state index contributed by atoms with van der Waals surface area (Å²) < 4.78 is 5.84. The molecule has 0 aliphatic carbocycles. The van der Waals surface area contributed by atoms with Gasteiger partial charge in [-0.3, -0.25) is 14.8 Å². The van der Waals surface area contributed by atoms with Crippen molar-refractivity contribution in [1.82, 2.24) is 10.2 Å². The number of Topliss-reactive ketones (excluding diaryl/α,β-unsaturated/α-hetero) is 1. The summed E-state index contributed by atoms with van der Waals surface area (Å²) in [6.07, 6.45) is 2.10. The number of hydrogen-bond acceptors (Lipinski definition) is 7. The molecule has 160 valence electrons. The zero-order valence-electron chi connectivity index (χ0n) is 17.6. The molecule has 6 rings (SSSR count). The molecule has 1 N–H and O–H groups in total. The van der Waals surface area contributed by atoms with Crippen molar-refractivity contribution < 1.29 is 9.21 Å². The average Bonchev–Trinajstić information content (AvgIpc) is 3.49. The van der Waals surface area contributed by atoms with Crippen molar-refractivity contribution in [2.75, 3.05) is 5.32 Å². The van der Waals surface area contributed by atoms with Crippen LogP contribution in [0.25, 0.3) is 11.5 Å². The topological polar surface area (TPSA) is 92.7 Å². The third kappa shape index (κ3) is 3.63. The van der Waals surface area contributed by atoms with Gasteiger partial charge in [-0.2, -0.15) is 0 Å². The van der Waals surface area contributed by atoms with E-state index >= 15 is 0 Å². The van der Waals surface area contributed by atoms with Crippen molar-refractivity contribution >= 4 is 29.4 Å². The van der Waals surface area contributed by atoms with E-state index in [0.717, 1.165) is 45.6 Å². The molecule has 3 heterocycles. The molecule has 3 aromatic carbocycles. The van der Waals surface area contributed by atoms with E-state index in [4.69, 9.17) is 9.41 Å². The molecule has 4 aromatic rings. The van der Waals surface area contributed by atoms with Gasteiger partial charge in [0.15, 0.2) is 11.9 Å². The predicted octanol–water partition coefficient (Wildman–Crippen LogP) is 4.40. The van der Waals surface area contributed by atoms with Crippen LogP contribution in [0.15, 0.2) is 87.2 Å². The summed E-state index contributed by atoms with van der Waals surface area (Å²) in [5.41, 5.74) is 6.49. The first kappa shape index (κ1) is 19.3. The molecule has 0 saturated carbocycles. The molecule has 1 aromatic heterocycles. The molecule has 2 aliphatic rings. The number of nitrogens with one attached hydrogen (secondary N) is 1. The van der Waals surface area contributed by atoms with Gasteiger partial charge in [0.05, 0.1) is 11.4 Å². The molecule has 0 fully saturated rings. The van der Waals surface area contributed by atoms with Gasteiger partial charge < -0.3 is 9.73 Å². The number of carbonyl (C=O) groups excluding carboxylic acids is 1. The number of fused-ring (bicyclic) bond motifs is 2. The Hall–Kier alpha value is -4.39. The van der Waals surface area contributed by atoms with Gasteiger partial charge in [0, 0.05) is 35.7 Å². The lowest BCUT2D eigenvalue weighted by Gasteiger charge is -2.11. The first-order chi connectivity index (χ1) is 16.2. The van der Waals surface area contributed by atoms with Gasteiger partial charge in [0.1, 0.15) is 0 Å². The summed E-state index contributed by atoms with van der Waals surface area (Å²) in [6, 6.07) is 23.7. The molecule has 33 heavy (non-hydrogen) atoms. The maximum absolute atomic E-state index is 13.1. The van der Waals surface area contributed by atoms with E-state index < -0.39 is 6.17 Å². The highest BCUT2D eigenvalue weighted by molar-refractivity contribution is 6.16. The Morgan fingerprint density at radius 1 is 0.879 bits per heavy atom. The number of aliphatic imine (C=N–C) groups is 2. The predicted molar refractivity (Wildman–Crippen MR) is 126 cm³/mol. The van der Waals surface area contributed by atoms with Crippen molar-refractivity contribution in [2.24, 2.45) is 9.98 Å². The number of nitrogens with zero attached hydrogens (tertiary/aromatic N) is 4. The van der Waals surface area contributed by atoms with Crippen LogP contribution in [-0.4, -0.2) is 34.1 Å². The minimum Gasteiger partial charge on any atom is -0.403 e. The molecule has 0 radical (unpaired) electrons. The molecule has 0 amide bonds. The fourth-order valence-corrected chi connectivity index (χ4v) is 4.16. The standard InChI is InChI=1S/C26H19N5O2/c32-22-15-17-8-4-5-9-20(17)23(16-6-2-1-3-7-16)28-24(22)29-26-31-30-25(33-26)19-10-11-21-18(14-19)12-13-27-21/h1-11,13-14,24H,12,15H2,(H,29,31). The maximum atomic E-state index is 13.1. The van der Waals surface area contributed by atoms with Gasteiger partial charge in [-0.05, 0) is 29.3 Å². The monoisotopic (exact) mass is 433 g/mol. The molecular formula is C26H19N5O2. The zero-order chi connectivity index (χ0) is 22.2. The second-order valence-electron chi connectivity index (χ2n) is 7.96. The minimum absolute atomic E-state index is 0.0668. The number of carbonyl (C=O) groups is 1. The van der Waals surface area contributed by atoms with Crippen molar-refractivity contribution in [1.29, 1.82) is 0 Å². The zero-order valence-corrected chi connectivity index (χ0v) is 17.6. The van der Waals surface area contributed by atoms with Crippen LogP contribution in [-0.2, 0) is 17.6 Å². The summed E-state index contributed by atoms with van der Waals surface area (Å²) in [7, 11) is 0. The van der Waals surface area contributed by atoms with Crippen molar-refractivity contribution in [2.45, 2.75) is 19.0 Å². The summed E-state index contributed by atoms with van der Waals surface area (Å²) in [5.74, 6) is 0.312. The van der Waals surface area contributed by atoms with E-state index in [0.29, 0.717) is 5.89 Å². The molecule has 7 nitrogen and oxygen atoms in total. The summed E-state index contributed by atoms with van der Waals surface area (Å²) >= 11 is 0. The molecule has 7 heteroatoms. The maximum Gasteiger partial charge on any atom is 0.317 e. The van der Waals surface area contributed by atoms with Crippen LogP contribution in [0.5, 0.6) is 0 Å². The van der Waals surface area contributed by atoms with Gasteiger partial charge in [-0.15, -0.1) is 5.10 Å². The summed E-state index contributed by atoms with van der Waals surface area (Å²) in [5, 5.41) is 11.3.